The van der Waals surface area contributed by atoms with E-state index in [0.29, 0.717) is 21.6 Å². The van der Waals surface area contributed by atoms with Crippen molar-refractivity contribution in [1.29, 1.82) is 0 Å². The number of nitrogens with zero attached hydrogens (tertiary/aromatic N) is 2. The number of nitrogen functional groups attached to an aromatic ring is 1. The SMILES string of the molecule is Nc1ccc2c(S(=O)(=O)Nc3cnns3)c[nH]c2c1. The second-order valence-electron chi connectivity index (χ2n) is 3.85. The summed E-state index contributed by atoms with van der Waals surface area (Å²) in [4.78, 5) is 3.05. The fourth-order valence-corrected chi connectivity index (χ4v) is 3.60. The summed E-state index contributed by atoms with van der Waals surface area (Å²) in [5.74, 6) is 0. The van der Waals surface area contributed by atoms with Gasteiger partial charge in [-0.3, -0.25) is 4.72 Å². The largest absolute Gasteiger partial charge is 0.399 e. The van der Waals surface area contributed by atoms with Crippen LogP contribution in [0.15, 0.2) is 35.5 Å². The van der Waals surface area contributed by atoms with E-state index in [2.05, 4.69) is 19.3 Å². The molecule has 0 fully saturated rings. The molecule has 0 bridgehead atoms. The molecule has 2 aromatic heterocycles. The number of nitrogens with two attached hydrogens (primary N) is 1. The van der Waals surface area contributed by atoms with E-state index in [9.17, 15) is 8.42 Å². The van der Waals surface area contributed by atoms with Crippen molar-refractivity contribution >= 4 is 43.1 Å². The Kier molecular flexibility index (Phi) is 2.64. The van der Waals surface area contributed by atoms with Crippen LogP contribution < -0.4 is 10.5 Å². The lowest BCUT2D eigenvalue weighted by molar-refractivity contribution is 0.602. The maximum atomic E-state index is 12.2. The van der Waals surface area contributed by atoms with Gasteiger partial charge in [0.15, 0.2) is 0 Å². The summed E-state index contributed by atoms with van der Waals surface area (Å²) in [7, 11) is -3.67. The van der Waals surface area contributed by atoms with Crippen LogP contribution in [-0.4, -0.2) is 23.0 Å². The number of fused-ring (bicyclic) bond motifs is 1. The first-order valence-electron chi connectivity index (χ1n) is 5.23. The second kappa shape index (κ2) is 4.21. The van der Waals surface area contributed by atoms with Crippen LogP contribution >= 0.6 is 11.5 Å². The molecule has 2 heterocycles. The Bertz CT molecular complexity index is 823. The number of benzene rings is 1. The van der Waals surface area contributed by atoms with E-state index in [4.69, 9.17) is 5.73 Å². The zero-order valence-corrected chi connectivity index (χ0v) is 11.1. The quantitative estimate of drug-likeness (QED) is 0.632. The van der Waals surface area contributed by atoms with Gasteiger partial charge in [-0.05, 0) is 18.2 Å². The highest BCUT2D eigenvalue weighted by Gasteiger charge is 2.19. The average molecular weight is 295 g/mol. The van der Waals surface area contributed by atoms with Gasteiger partial charge in [-0.25, -0.2) is 8.42 Å². The summed E-state index contributed by atoms with van der Waals surface area (Å²) in [6.07, 6.45) is 2.79. The summed E-state index contributed by atoms with van der Waals surface area (Å²) >= 11 is 0.973. The van der Waals surface area contributed by atoms with E-state index < -0.39 is 10.0 Å². The minimum atomic E-state index is -3.67. The van der Waals surface area contributed by atoms with Crippen molar-refractivity contribution in [2.75, 3.05) is 10.5 Å². The molecule has 7 nitrogen and oxygen atoms in total. The number of aromatic amines is 1. The molecule has 0 atom stereocenters. The highest BCUT2D eigenvalue weighted by molar-refractivity contribution is 7.93. The topological polar surface area (TPSA) is 114 Å². The van der Waals surface area contributed by atoms with Gasteiger partial charge in [0.05, 0.1) is 6.20 Å². The summed E-state index contributed by atoms with van der Waals surface area (Å²) in [6, 6.07) is 5.01. The molecule has 4 N–H and O–H groups in total. The Morgan fingerprint density at radius 2 is 2.21 bits per heavy atom. The Morgan fingerprint density at radius 1 is 1.37 bits per heavy atom. The summed E-state index contributed by atoms with van der Waals surface area (Å²) in [5, 5.41) is 4.53. The lowest BCUT2D eigenvalue weighted by Gasteiger charge is -2.03. The molecule has 0 unspecified atom stereocenters. The van der Waals surface area contributed by atoms with Crippen LogP contribution in [0.1, 0.15) is 0 Å². The summed E-state index contributed by atoms with van der Waals surface area (Å²) < 4.78 is 30.5. The maximum absolute atomic E-state index is 12.2. The third-order valence-electron chi connectivity index (χ3n) is 2.55. The number of hydrogen-bond donors (Lipinski definition) is 3. The van der Waals surface area contributed by atoms with Crippen molar-refractivity contribution in [3.8, 4) is 0 Å². The molecule has 98 valence electrons. The van der Waals surface area contributed by atoms with Crippen LogP contribution in [0.4, 0.5) is 10.7 Å². The van der Waals surface area contributed by atoms with Gasteiger partial charge in [0.25, 0.3) is 10.0 Å². The van der Waals surface area contributed by atoms with Crippen molar-refractivity contribution in [3.05, 3.63) is 30.6 Å². The molecule has 0 aliphatic rings. The molecule has 0 spiro atoms. The zero-order chi connectivity index (χ0) is 13.5. The highest BCUT2D eigenvalue weighted by Crippen LogP contribution is 2.26. The zero-order valence-electron chi connectivity index (χ0n) is 9.49. The number of nitrogens with one attached hydrogen (secondary N) is 2. The van der Waals surface area contributed by atoms with Gasteiger partial charge in [-0.15, -0.1) is 5.10 Å². The molecular formula is C10H9N5O2S2. The maximum Gasteiger partial charge on any atom is 0.264 e. The van der Waals surface area contributed by atoms with E-state index in [1.54, 1.807) is 18.2 Å². The lowest BCUT2D eigenvalue weighted by atomic mass is 10.2. The van der Waals surface area contributed by atoms with E-state index in [0.717, 1.165) is 11.5 Å². The van der Waals surface area contributed by atoms with Crippen molar-refractivity contribution in [2.45, 2.75) is 4.90 Å². The van der Waals surface area contributed by atoms with E-state index in [-0.39, 0.29) is 4.90 Å². The summed E-state index contributed by atoms with van der Waals surface area (Å²) in [6.45, 7) is 0. The van der Waals surface area contributed by atoms with Gasteiger partial charge in [0, 0.05) is 34.3 Å². The smallest absolute Gasteiger partial charge is 0.264 e. The average Bonchev–Trinajstić information content (AvgIpc) is 2.96. The lowest BCUT2D eigenvalue weighted by Crippen LogP contribution is -2.11. The van der Waals surface area contributed by atoms with Crippen molar-refractivity contribution in [2.24, 2.45) is 0 Å². The molecule has 3 aromatic rings. The first-order valence-corrected chi connectivity index (χ1v) is 7.49. The van der Waals surface area contributed by atoms with Gasteiger partial charge in [-0.1, -0.05) is 4.49 Å². The standard InChI is InChI=1S/C10H9N5O2S2/c11-6-1-2-7-8(3-6)12-4-9(7)19(16,17)14-10-5-13-15-18-10/h1-5,12,14H,11H2. The second-order valence-corrected chi connectivity index (χ2v) is 6.28. The van der Waals surface area contributed by atoms with Crippen molar-refractivity contribution in [3.63, 3.8) is 0 Å². The number of aromatic nitrogens is 3. The molecule has 9 heteroatoms. The first-order chi connectivity index (χ1) is 9.06. The molecular weight excluding hydrogens is 286 g/mol. The normalized spacial score (nSPS) is 11.8. The predicted octanol–water partition coefficient (Wildman–Crippen LogP) is 1.40. The van der Waals surface area contributed by atoms with Crippen LogP contribution in [0.2, 0.25) is 0 Å². The Balaban J connectivity index is 2.08. The van der Waals surface area contributed by atoms with Gasteiger partial charge in [-0.2, -0.15) is 0 Å². The Hall–Kier alpha value is -2.13. The monoisotopic (exact) mass is 295 g/mol. The Morgan fingerprint density at radius 3 is 2.95 bits per heavy atom. The molecule has 19 heavy (non-hydrogen) atoms. The predicted molar refractivity (Wildman–Crippen MR) is 73.4 cm³/mol. The molecule has 0 amide bonds. The number of rotatable bonds is 3. The highest BCUT2D eigenvalue weighted by atomic mass is 32.2. The minimum Gasteiger partial charge on any atom is -0.399 e. The molecule has 0 saturated heterocycles. The van der Waals surface area contributed by atoms with E-state index in [1.807, 2.05) is 0 Å². The van der Waals surface area contributed by atoms with Gasteiger partial charge < -0.3 is 10.7 Å². The fraction of sp³-hybridized carbons (Fsp3) is 0. The third kappa shape index (κ3) is 2.13. The van der Waals surface area contributed by atoms with Gasteiger partial charge in [0.1, 0.15) is 9.90 Å². The molecule has 0 radical (unpaired) electrons. The van der Waals surface area contributed by atoms with Crippen LogP contribution in [-0.2, 0) is 10.0 Å². The van der Waals surface area contributed by atoms with E-state index in [1.165, 1.54) is 12.4 Å². The van der Waals surface area contributed by atoms with Crippen molar-refractivity contribution in [1.82, 2.24) is 14.6 Å². The minimum absolute atomic E-state index is 0.163. The van der Waals surface area contributed by atoms with Crippen molar-refractivity contribution < 1.29 is 8.42 Å². The molecule has 0 aliphatic carbocycles. The van der Waals surface area contributed by atoms with Crippen LogP contribution in [0.25, 0.3) is 10.9 Å². The van der Waals surface area contributed by atoms with Crippen LogP contribution in [0, 0.1) is 0 Å². The Labute approximate surface area is 112 Å². The van der Waals surface area contributed by atoms with Gasteiger partial charge in [0.2, 0.25) is 0 Å². The molecule has 1 aromatic carbocycles. The molecule has 0 aliphatic heterocycles. The van der Waals surface area contributed by atoms with Gasteiger partial charge >= 0.3 is 0 Å². The first kappa shape index (κ1) is 11.9. The summed E-state index contributed by atoms with van der Waals surface area (Å²) in [5.41, 5.74) is 6.89. The molecule has 3 rings (SSSR count). The van der Waals surface area contributed by atoms with Crippen LogP contribution in [0.3, 0.4) is 0 Å². The fourth-order valence-electron chi connectivity index (χ4n) is 1.74. The molecule has 0 saturated carbocycles. The number of H-pyrrole nitrogens is 1. The van der Waals surface area contributed by atoms with Crippen LogP contribution in [0.5, 0.6) is 0 Å². The number of sulfonamides is 1. The van der Waals surface area contributed by atoms with E-state index >= 15 is 0 Å². The third-order valence-corrected chi connectivity index (χ3v) is 4.67. The number of anilines is 2. The number of hydrogen-bond acceptors (Lipinski definition) is 6.